The van der Waals surface area contributed by atoms with Crippen molar-refractivity contribution < 1.29 is 23.0 Å². The van der Waals surface area contributed by atoms with E-state index in [1.165, 1.54) is 6.07 Å². The largest absolute Gasteiger partial charge is 0.433 e. The predicted octanol–water partition coefficient (Wildman–Crippen LogP) is 2.80. The summed E-state index contributed by atoms with van der Waals surface area (Å²) in [4.78, 5) is 13.9. The van der Waals surface area contributed by atoms with E-state index in [2.05, 4.69) is 10.1 Å². The van der Waals surface area contributed by atoms with Crippen molar-refractivity contribution in [3.63, 3.8) is 0 Å². The molecule has 24 heavy (non-hydrogen) atoms. The lowest BCUT2D eigenvalue weighted by atomic mass is 10.2. The van der Waals surface area contributed by atoms with Crippen LogP contribution in [0.3, 0.4) is 0 Å². The third-order valence-corrected chi connectivity index (χ3v) is 3.76. The number of ether oxygens (including phenoxy) is 2. The molecule has 1 aromatic carbocycles. The topological polar surface area (TPSA) is 50.8 Å². The minimum absolute atomic E-state index is 0.00356. The second-order valence-electron chi connectivity index (χ2n) is 6.01. The fourth-order valence-corrected chi connectivity index (χ4v) is 2.70. The summed E-state index contributed by atoms with van der Waals surface area (Å²) in [5, 5.41) is 2.96. The second-order valence-corrected chi connectivity index (χ2v) is 6.01. The van der Waals surface area contributed by atoms with Gasteiger partial charge in [0, 0.05) is 25.6 Å². The molecule has 0 saturated carbocycles. The average Bonchev–Trinajstić information content (AvgIpc) is 2.95. The van der Waals surface area contributed by atoms with Crippen LogP contribution in [0.5, 0.6) is 5.75 Å². The van der Waals surface area contributed by atoms with Gasteiger partial charge in [-0.3, -0.25) is 4.79 Å². The number of rotatable bonds is 8. The molecule has 0 spiro atoms. The number of benzene rings is 1. The zero-order valence-corrected chi connectivity index (χ0v) is 14.0. The summed E-state index contributed by atoms with van der Waals surface area (Å²) >= 11 is 0. The number of nitrogens with one attached hydrogen (secondary N) is 1. The monoisotopic (exact) mass is 342 g/mol. The molecule has 1 aromatic rings. The highest BCUT2D eigenvalue weighted by Crippen LogP contribution is 2.31. The van der Waals surface area contributed by atoms with Crippen molar-refractivity contribution in [3.05, 3.63) is 24.3 Å². The molecule has 1 saturated heterocycles. The molecule has 1 fully saturated rings. The Morgan fingerprint density at radius 3 is 2.83 bits per heavy atom. The third-order valence-electron chi connectivity index (χ3n) is 3.76. The van der Waals surface area contributed by atoms with Crippen molar-refractivity contribution in [2.45, 2.75) is 45.4 Å². The molecule has 1 heterocycles. The fourth-order valence-electron chi connectivity index (χ4n) is 2.70. The molecule has 1 amide bonds. The standard InChI is InChI=1S/C17H24F2N2O3/c1-12(2)23-10-8-16(22)20-13-7-9-21(11-13)14-5-3-4-6-15(14)24-17(18)19/h3-6,12-13,17H,7-11H2,1-2H3,(H,20,22). The Labute approximate surface area is 140 Å². The highest BCUT2D eigenvalue weighted by molar-refractivity contribution is 5.76. The van der Waals surface area contributed by atoms with Crippen LogP contribution in [0.25, 0.3) is 0 Å². The number of carbonyl (C=O) groups is 1. The van der Waals surface area contributed by atoms with E-state index < -0.39 is 6.61 Å². The number of amides is 1. The Morgan fingerprint density at radius 1 is 1.38 bits per heavy atom. The number of nitrogens with zero attached hydrogens (tertiary/aromatic N) is 1. The van der Waals surface area contributed by atoms with E-state index in [0.717, 1.165) is 6.42 Å². The van der Waals surface area contributed by atoms with Crippen LogP contribution in [-0.2, 0) is 9.53 Å². The molecule has 0 bridgehead atoms. The number of carbonyl (C=O) groups excluding carboxylic acids is 1. The molecule has 1 aliphatic rings. The van der Waals surface area contributed by atoms with Crippen molar-refractivity contribution in [3.8, 4) is 5.75 Å². The molecule has 0 radical (unpaired) electrons. The number of alkyl halides is 2. The van der Waals surface area contributed by atoms with Crippen molar-refractivity contribution in [2.75, 3.05) is 24.6 Å². The van der Waals surface area contributed by atoms with Crippen molar-refractivity contribution in [1.82, 2.24) is 5.32 Å². The fraction of sp³-hybridized carbons (Fsp3) is 0.588. The first-order valence-electron chi connectivity index (χ1n) is 8.15. The number of hydrogen-bond acceptors (Lipinski definition) is 4. The molecule has 2 rings (SSSR count). The van der Waals surface area contributed by atoms with Crippen molar-refractivity contribution in [1.29, 1.82) is 0 Å². The Morgan fingerprint density at radius 2 is 2.12 bits per heavy atom. The Hall–Kier alpha value is -1.89. The quantitative estimate of drug-likeness (QED) is 0.789. The number of anilines is 1. The van der Waals surface area contributed by atoms with Gasteiger partial charge in [-0.05, 0) is 32.4 Å². The second kappa shape index (κ2) is 8.82. The molecule has 0 aromatic heterocycles. The van der Waals surface area contributed by atoms with Gasteiger partial charge in [0.2, 0.25) is 5.91 Å². The lowest BCUT2D eigenvalue weighted by Gasteiger charge is -2.22. The first kappa shape index (κ1) is 18.4. The van der Waals surface area contributed by atoms with E-state index in [0.29, 0.717) is 31.8 Å². The van der Waals surface area contributed by atoms with E-state index in [9.17, 15) is 13.6 Å². The zero-order valence-electron chi connectivity index (χ0n) is 14.0. The minimum Gasteiger partial charge on any atom is -0.433 e. The molecule has 1 unspecified atom stereocenters. The molecular formula is C17H24F2N2O3. The number of para-hydroxylation sites is 2. The van der Waals surface area contributed by atoms with Gasteiger partial charge in [0.05, 0.1) is 18.4 Å². The number of halogens is 2. The molecule has 5 nitrogen and oxygen atoms in total. The molecule has 134 valence electrons. The van der Waals surface area contributed by atoms with Crippen LogP contribution in [0.1, 0.15) is 26.7 Å². The Balaban J connectivity index is 1.86. The molecule has 0 aliphatic carbocycles. The molecular weight excluding hydrogens is 318 g/mol. The van der Waals surface area contributed by atoms with Crippen LogP contribution in [0.15, 0.2) is 24.3 Å². The zero-order chi connectivity index (χ0) is 17.5. The maximum atomic E-state index is 12.5. The predicted molar refractivity (Wildman–Crippen MR) is 87.5 cm³/mol. The van der Waals surface area contributed by atoms with Gasteiger partial charge in [-0.25, -0.2) is 0 Å². The van der Waals surface area contributed by atoms with Crippen molar-refractivity contribution in [2.24, 2.45) is 0 Å². The van der Waals surface area contributed by atoms with Gasteiger partial charge in [-0.2, -0.15) is 8.78 Å². The van der Waals surface area contributed by atoms with E-state index in [1.807, 2.05) is 18.7 Å². The lowest BCUT2D eigenvalue weighted by Crippen LogP contribution is -2.37. The van der Waals surface area contributed by atoms with Crippen LogP contribution >= 0.6 is 0 Å². The summed E-state index contributed by atoms with van der Waals surface area (Å²) < 4.78 is 34.9. The van der Waals surface area contributed by atoms with E-state index >= 15 is 0 Å². The normalized spacial score (nSPS) is 17.6. The molecule has 7 heteroatoms. The van der Waals surface area contributed by atoms with Crippen LogP contribution in [0, 0.1) is 0 Å². The highest BCUT2D eigenvalue weighted by Gasteiger charge is 2.26. The average molecular weight is 342 g/mol. The van der Waals surface area contributed by atoms with Gasteiger partial charge < -0.3 is 19.7 Å². The van der Waals surface area contributed by atoms with Gasteiger partial charge in [0.15, 0.2) is 0 Å². The van der Waals surface area contributed by atoms with E-state index in [1.54, 1.807) is 18.2 Å². The molecule has 1 N–H and O–H groups in total. The van der Waals surface area contributed by atoms with Gasteiger partial charge in [-0.1, -0.05) is 12.1 Å². The number of hydrogen-bond donors (Lipinski definition) is 1. The summed E-state index contributed by atoms with van der Waals surface area (Å²) in [6, 6.07) is 6.71. The Kier molecular flexibility index (Phi) is 6.78. The minimum atomic E-state index is -2.86. The summed E-state index contributed by atoms with van der Waals surface area (Å²) in [7, 11) is 0. The molecule has 1 aliphatic heterocycles. The SMILES string of the molecule is CC(C)OCCC(=O)NC1CCN(c2ccccc2OC(F)F)C1. The maximum Gasteiger partial charge on any atom is 0.387 e. The smallest absolute Gasteiger partial charge is 0.387 e. The highest BCUT2D eigenvalue weighted by atomic mass is 19.3. The molecule has 1 atom stereocenters. The van der Waals surface area contributed by atoms with Crippen LogP contribution in [0.4, 0.5) is 14.5 Å². The Bertz CT molecular complexity index is 540. The van der Waals surface area contributed by atoms with Gasteiger partial charge >= 0.3 is 6.61 Å². The maximum absolute atomic E-state index is 12.5. The summed E-state index contributed by atoms with van der Waals surface area (Å²) in [5.41, 5.74) is 0.623. The van der Waals surface area contributed by atoms with Crippen LogP contribution in [0.2, 0.25) is 0 Å². The summed E-state index contributed by atoms with van der Waals surface area (Å²) in [6.45, 7) is 2.63. The van der Waals surface area contributed by atoms with Gasteiger partial charge in [0.1, 0.15) is 5.75 Å². The van der Waals surface area contributed by atoms with Gasteiger partial charge in [0.25, 0.3) is 0 Å². The lowest BCUT2D eigenvalue weighted by molar-refractivity contribution is -0.123. The first-order chi connectivity index (χ1) is 11.5. The summed E-state index contributed by atoms with van der Waals surface area (Å²) in [5.74, 6) is 0.101. The van der Waals surface area contributed by atoms with E-state index in [-0.39, 0.29) is 23.8 Å². The van der Waals surface area contributed by atoms with Gasteiger partial charge in [-0.15, -0.1) is 0 Å². The van der Waals surface area contributed by atoms with Crippen LogP contribution in [-0.4, -0.2) is 44.4 Å². The first-order valence-corrected chi connectivity index (χ1v) is 8.15. The summed E-state index contributed by atoms with van der Waals surface area (Å²) in [6.07, 6.45) is 1.19. The van der Waals surface area contributed by atoms with Crippen LogP contribution < -0.4 is 15.0 Å². The van der Waals surface area contributed by atoms with E-state index in [4.69, 9.17) is 4.74 Å². The van der Waals surface area contributed by atoms with Crippen molar-refractivity contribution >= 4 is 11.6 Å². The third kappa shape index (κ3) is 5.63.